The summed E-state index contributed by atoms with van der Waals surface area (Å²) in [5, 5.41) is 7.86. The van der Waals surface area contributed by atoms with Gasteiger partial charge in [0.1, 0.15) is 47.4 Å². The number of fused-ring (bicyclic) bond motifs is 15. The molecule has 0 saturated carbocycles. The second-order valence-corrected chi connectivity index (χ2v) is 32.5. The molecule has 0 N–H and O–H groups in total. The molecule has 0 amide bonds. The fourth-order valence-corrected chi connectivity index (χ4v) is 16.0. The van der Waals surface area contributed by atoms with E-state index in [0.29, 0.717) is 45.7 Å². The normalized spacial score (nSPS) is 13.0. The van der Waals surface area contributed by atoms with E-state index in [-0.39, 0.29) is 10.8 Å². The molecule has 15 heterocycles. The molecule has 0 aliphatic rings. The summed E-state index contributed by atoms with van der Waals surface area (Å²) < 4.78 is 87.7. The predicted octanol–water partition coefficient (Wildman–Crippen LogP) is 19.4. The van der Waals surface area contributed by atoms with Crippen LogP contribution in [0.1, 0.15) is 129 Å². The van der Waals surface area contributed by atoms with Gasteiger partial charge in [0.25, 0.3) is 22.8 Å². The number of rotatable bonds is 6. The lowest BCUT2D eigenvalue weighted by atomic mass is 9.93. The molecule has 0 bridgehead atoms. The number of aryl methyl sites for hydroxylation is 10. The van der Waals surface area contributed by atoms with Crippen LogP contribution in [0.15, 0.2) is 213 Å². The monoisotopic (exact) mass is 1570 g/mol. The molecule has 22 heteroatoms. The quantitative estimate of drug-likeness (QED) is 0.142. The van der Waals surface area contributed by atoms with Gasteiger partial charge in [0.15, 0.2) is 45.1 Å². The van der Waals surface area contributed by atoms with Crippen molar-refractivity contribution in [3.05, 3.63) is 275 Å². The minimum Gasteiger partial charge on any atom is -0.451 e. The van der Waals surface area contributed by atoms with Gasteiger partial charge in [-0.05, 0) is 157 Å². The number of imidazole rings is 4. The van der Waals surface area contributed by atoms with Crippen molar-refractivity contribution in [2.75, 3.05) is 0 Å². The SMILES string of the molecule is Cc1ccc2c(n1)oc1c(-[n+]3c(C)n(-c4ccccc4)c4nc(C(C)(C)C)cnc43)c(C)ccc12.Cc1ccc2c(n1)oc1c(-[n+]3c(C)n(-c4ccccc4)c4nccnc43)c(C)ccc12.[2H]C([2H])([2H])[n+]1c(C)n(-c2c(C)ccc3c2oc2nc(C)ccc23)c2ncc(C(C)(C)C)nc21.[2H]C([2H])([2H])[n+]1ccn(-c2c(C)ccc3c2oc2cc(C)ncc23)c1C. The number of hydrogen-bond donors (Lipinski definition) is 0. The first kappa shape index (κ1) is 68.4. The third-order valence-corrected chi connectivity index (χ3v) is 22.2. The fourth-order valence-electron chi connectivity index (χ4n) is 16.0. The second-order valence-electron chi connectivity index (χ2n) is 32.5. The lowest BCUT2D eigenvalue weighted by Crippen LogP contribution is -2.35. The third-order valence-electron chi connectivity index (χ3n) is 22.2. The molecule has 22 nitrogen and oxygen atoms in total. The Hall–Kier alpha value is -14.0. The average Bonchev–Trinajstić information content (AvgIpc) is 1.58. The molecule has 0 atom stereocenters. The summed E-state index contributed by atoms with van der Waals surface area (Å²) in [6.45, 7) is 31.6. The van der Waals surface area contributed by atoms with Crippen molar-refractivity contribution in [1.82, 2.24) is 68.1 Å². The van der Waals surface area contributed by atoms with Crippen LogP contribution >= 0.6 is 0 Å². The molecule has 0 fully saturated rings. The summed E-state index contributed by atoms with van der Waals surface area (Å²) in [6, 6.07) is 51.2. The van der Waals surface area contributed by atoms with Crippen molar-refractivity contribution in [1.29, 1.82) is 0 Å². The standard InChI is InChI=1S/C29H28N5O.C25H20N5O.C24H26N5O.C18H18N3O/c1-17-12-14-21-22-15-13-18(2)31-28(22)35-25(21)24(17)34-19(3)33(20-10-8-7-9-11-20)27-26(34)30-16-23(32-27)29(4,5)6;1-15-9-11-19-20-12-10-16(2)28-25(20)31-22(19)21(15)30-17(3)29(18-7-5-4-6-8-18)23-24(30)27-14-13-26-23;1-13-8-10-16-17-11-9-14(2)26-23(17)30-20(16)19(13)29-15(3)28(7)22-21(29)25-12-18(27-22)24(4,5)6;1-11-5-6-14-15-10-19-12(2)9-16(15)22-18(14)17(11)21-8-7-20(4)13(21)3/h7-16H,1-6H3;4-14H,1-3H3;8-12H,1-7H3;5-10H,1-4H3/q4*+1/i;;7D3;4D3. The highest BCUT2D eigenvalue weighted by Gasteiger charge is 2.35. The Bertz CT molecular complexity index is 7910. The van der Waals surface area contributed by atoms with Crippen molar-refractivity contribution in [2.45, 2.75) is 135 Å². The van der Waals surface area contributed by atoms with Gasteiger partial charge in [-0.3, -0.25) is 4.98 Å². The largest absolute Gasteiger partial charge is 0.451 e. The summed E-state index contributed by atoms with van der Waals surface area (Å²) in [7, 11) is 0. The van der Waals surface area contributed by atoms with E-state index in [4.69, 9.17) is 50.8 Å². The number of para-hydroxylation sites is 2. The highest BCUT2D eigenvalue weighted by molar-refractivity contribution is 6.10. The molecule has 0 aliphatic carbocycles. The topological polar surface area (TPSA) is 217 Å². The first-order chi connectivity index (χ1) is 59.0. The fraction of sp³-hybridized carbons (Fsp3) is 0.229. The Balaban J connectivity index is 0.000000113. The lowest BCUT2D eigenvalue weighted by Gasteiger charge is -2.15. The second kappa shape index (κ2) is 28.5. The zero-order valence-electron chi connectivity index (χ0n) is 75.2. The van der Waals surface area contributed by atoms with E-state index in [1.165, 1.54) is 9.13 Å². The molecule has 21 aromatic rings. The highest BCUT2D eigenvalue weighted by atomic mass is 16.4. The molecule has 0 unspecified atom stereocenters. The average molecular weight is 1570 g/mol. The van der Waals surface area contributed by atoms with Crippen LogP contribution < -0.4 is 18.3 Å². The Morgan fingerprint density at radius 1 is 0.356 bits per heavy atom. The van der Waals surface area contributed by atoms with Crippen LogP contribution in [0.25, 0.3) is 156 Å². The maximum atomic E-state index is 8.21. The lowest BCUT2D eigenvalue weighted by molar-refractivity contribution is -0.677. The zero-order chi connectivity index (χ0) is 87.4. The van der Waals surface area contributed by atoms with Crippen LogP contribution in [0, 0.1) is 83.1 Å². The van der Waals surface area contributed by atoms with Gasteiger partial charge >= 0.3 is 16.9 Å². The first-order valence-electron chi connectivity index (χ1n) is 42.3. The maximum Gasteiger partial charge on any atom is 0.327 e. The van der Waals surface area contributed by atoms with E-state index < -0.39 is 14.0 Å². The van der Waals surface area contributed by atoms with Crippen LogP contribution in [0.5, 0.6) is 0 Å². The van der Waals surface area contributed by atoms with Gasteiger partial charge in [-0.2, -0.15) is 13.7 Å². The predicted molar refractivity (Wildman–Crippen MR) is 462 cm³/mol. The van der Waals surface area contributed by atoms with E-state index in [0.717, 1.165) is 190 Å². The van der Waals surface area contributed by atoms with Gasteiger partial charge in [-0.15, -0.1) is 15.0 Å². The number of benzene rings is 6. The van der Waals surface area contributed by atoms with Gasteiger partial charge < -0.3 is 17.7 Å². The number of furan rings is 4. The van der Waals surface area contributed by atoms with Crippen molar-refractivity contribution in [2.24, 2.45) is 14.0 Å². The van der Waals surface area contributed by atoms with E-state index in [1.807, 2.05) is 175 Å². The maximum absolute atomic E-state index is 8.21. The van der Waals surface area contributed by atoms with Gasteiger partial charge in [-0.25, -0.2) is 52.7 Å². The molecular weight excluding hydrogens is 1470 g/mol. The molecule has 118 heavy (non-hydrogen) atoms. The Morgan fingerprint density at radius 2 is 0.814 bits per heavy atom. The molecule has 21 rings (SSSR count). The number of aromatic nitrogens is 18. The molecule has 0 saturated heterocycles. The third kappa shape index (κ3) is 12.5. The van der Waals surface area contributed by atoms with E-state index in [2.05, 4.69) is 152 Å². The van der Waals surface area contributed by atoms with Crippen molar-refractivity contribution in [3.8, 4) is 34.1 Å². The minimum atomic E-state index is -2.42. The summed E-state index contributed by atoms with van der Waals surface area (Å²) in [5.41, 5.74) is 24.2. The summed E-state index contributed by atoms with van der Waals surface area (Å²) in [4.78, 5) is 47.1. The molecule has 0 aliphatic heterocycles. The molecule has 586 valence electrons. The van der Waals surface area contributed by atoms with Crippen LogP contribution in [0.3, 0.4) is 0 Å². The molecule has 0 radical (unpaired) electrons. The summed E-state index contributed by atoms with van der Waals surface area (Å²) in [6.07, 6.45) is 12.2. The zero-order valence-corrected chi connectivity index (χ0v) is 69.2. The summed E-state index contributed by atoms with van der Waals surface area (Å²) in [5.74, 6) is 3.10. The first-order valence-corrected chi connectivity index (χ1v) is 39.3. The van der Waals surface area contributed by atoms with Crippen molar-refractivity contribution >= 4 is 122 Å². The smallest absolute Gasteiger partial charge is 0.327 e. The van der Waals surface area contributed by atoms with Crippen LogP contribution in [-0.2, 0) is 24.8 Å². The molecule has 6 aromatic carbocycles. The van der Waals surface area contributed by atoms with Crippen LogP contribution in [0.4, 0.5) is 0 Å². The van der Waals surface area contributed by atoms with E-state index in [9.17, 15) is 0 Å². The molecule has 15 aromatic heterocycles. The van der Waals surface area contributed by atoms with Crippen LogP contribution in [0.2, 0.25) is 0 Å². The number of pyridine rings is 4. The summed E-state index contributed by atoms with van der Waals surface area (Å²) >= 11 is 0. The van der Waals surface area contributed by atoms with Crippen molar-refractivity contribution in [3.63, 3.8) is 0 Å². The molecular formula is C96H92N18O4+4. The van der Waals surface area contributed by atoms with E-state index in [1.54, 1.807) is 44.8 Å². The van der Waals surface area contributed by atoms with Gasteiger partial charge in [-0.1, -0.05) is 102 Å². The Morgan fingerprint density at radius 3 is 1.35 bits per heavy atom. The van der Waals surface area contributed by atoms with E-state index >= 15 is 0 Å². The molecule has 0 spiro atoms. The minimum absolute atomic E-state index is 0.121. The van der Waals surface area contributed by atoms with Crippen LogP contribution in [-0.4, -0.2) is 68.1 Å². The Labute approximate surface area is 689 Å². The number of hydrogen-bond acceptors (Lipinski definition) is 14. The number of nitrogens with zero attached hydrogens (tertiary/aromatic N) is 18. The van der Waals surface area contributed by atoms with Gasteiger partial charge in [0, 0.05) is 122 Å². The highest BCUT2D eigenvalue weighted by Crippen LogP contribution is 2.40. The van der Waals surface area contributed by atoms with Crippen molar-refractivity contribution < 1.29 is 44.2 Å². The van der Waals surface area contributed by atoms with Gasteiger partial charge in [0.2, 0.25) is 34.6 Å². The Kier molecular flexibility index (Phi) is 16.5. The van der Waals surface area contributed by atoms with Gasteiger partial charge in [0.05, 0.1) is 40.3 Å².